The van der Waals surface area contributed by atoms with Crippen molar-refractivity contribution in [2.45, 2.75) is 43.7 Å². The molecule has 1 aliphatic heterocycles. The molecule has 0 aliphatic carbocycles. The molecule has 2 N–H and O–H groups in total. The number of hydrogen-bond donors (Lipinski definition) is 2. The van der Waals surface area contributed by atoms with Gasteiger partial charge in [-0.15, -0.1) is 0 Å². The van der Waals surface area contributed by atoms with E-state index in [1.54, 1.807) is 4.68 Å². The first-order valence-corrected chi connectivity index (χ1v) is 8.92. The molecular formula is C13H24N4O3S. The molecule has 0 radical (unpaired) electrons. The largest absolute Gasteiger partial charge is 0.392 e. The van der Waals surface area contributed by atoms with Crippen LogP contribution in [-0.4, -0.2) is 60.5 Å². The Hall–Kier alpha value is -0.960. The maximum atomic E-state index is 12.0. The summed E-state index contributed by atoms with van der Waals surface area (Å²) >= 11 is 0. The lowest BCUT2D eigenvalue weighted by Gasteiger charge is -2.29. The highest BCUT2D eigenvalue weighted by Crippen LogP contribution is 2.10. The number of hydrogen-bond acceptors (Lipinski definition) is 5. The van der Waals surface area contributed by atoms with Gasteiger partial charge < -0.3 is 10.0 Å². The monoisotopic (exact) mass is 316 g/mol. The second-order valence-electron chi connectivity index (χ2n) is 5.38. The quantitative estimate of drug-likeness (QED) is 0.693. The van der Waals surface area contributed by atoms with Crippen LogP contribution in [0, 0.1) is 0 Å². The summed E-state index contributed by atoms with van der Waals surface area (Å²) in [6.45, 7) is 5.42. The summed E-state index contributed by atoms with van der Waals surface area (Å²) < 4.78 is 28.3. The van der Waals surface area contributed by atoms with Crippen LogP contribution in [0.3, 0.4) is 0 Å². The fraction of sp³-hybridized carbons (Fsp3) is 0.769. The number of aliphatic hydroxyl groups is 1. The van der Waals surface area contributed by atoms with Crippen molar-refractivity contribution in [1.82, 2.24) is 19.4 Å². The van der Waals surface area contributed by atoms with E-state index in [4.69, 9.17) is 0 Å². The maximum Gasteiger partial charge on any atom is 0.243 e. The molecule has 0 saturated carbocycles. The van der Waals surface area contributed by atoms with Crippen LogP contribution in [0.15, 0.2) is 17.3 Å². The van der Waals surface area contributed by atoms with Crippen LogP contribution < -0.4 is 4.72 Å². The fourth-order valence-corrected chi connectivity index (χ4v) is 3.51. The minimum Gasteiger partial charge on any atom is -0.392 e. The van der Waals surface area contributed by atoms with E-state index in [0.29, 0.717) is 19.6 Å². The lowest BCUT2D eigenvalue weighted by Crippen LogP contribution is -2.39. The van der Waals surface area contributed by atoms with Gasteiger partial charge in [-0.2, -0.15) is 5.10 Å². The Balaban J connectivity index is 1.74. The molecule has 1 atom stereocenters. The first-order valence-electron chi connectivity index (χ1n) is 7.44. The number of aromatic nitrogens is 2. The number of aryl methyl sites for hydroxylation is 1. The Bertz CT molecular complexity index is 543. The zero-order valence-corrected chi connectivity index (χ0v) is 13.2. The van der Waals surface area contributed by atoms with Crippen molar-refractivity contribution in [2.24, 2.45) is 0 Å². The van der Waals surface area contributed by atoms with Crippen molar-refractivity contribution in [1.29, 1.82) is 0 Å². The lowest BCUT2D eigenvalue weighted by molar-refractivity contribution is 0.0704. The van der Waals surface area contributed by atoms with E-state index in [0.717, 1.165) is 32.4 Å². The molecule has 7 nitrogen and oxygen atoms in total. The average Bonchev–Trinajstić information content (AvgIpc) is 2.93. The van der Waals surface area contributed by atoms with Gasteiger partial charge in [0.25, 0.3) is 0 Å². The van der Waals surface area contributed by atoms with Crippen molar-refractivity contribution < 1.29 is 13.5 Å². The highest BCUT2D eigenvalue weighted by molar-refractivity contribution is 7.89. The minimum absolute atomic E-state index is 0.206. The van der Waals surface area contributed by atoms with Gasteiger partial charge in [0.1, 0.15) is 4.90 Å². The van der Waals surface area contributed by atoms with E-state index in [1.807, 2.05) is 6.92 Å². The molecule has 1 saturated heterocycles. The van der Waals surface area contributed by atoms with Crippen molar-refractivity contribution in [3.63, 3.8) is 0 Å². The molecule has 1 aliphatic rings. The molecule has 0 aromatic carbocycles. The van der Waals surface area contributed by atoms with E-state index < -0.39 is 10.0 Å². The van der Waals surface area contributed by atoms with Gasteiger partial charge in [0, 0.05) is 25.8 Å². The number of sulfonamides is 1. The third-order valence-electron chi connectivity index (χ3n) is 3.67. The standard InChI is InChI=1S/C13H24N4O3S/c1-2-17-11-13(9-14-17)21(19,20)15-6-4-8-16-7-3-5-12(18)10-16/h9,11-12,15,18H,2-8,10H2,1H3. The maximum absolute atomic E-state index is 12.0. The van der Waals surface area contributed by atoms with Crippen LogP contribution >= 0.6 is 0 Å². The number of nitrogens with zero attached hydrogens (tertiary/aromatic N) is 3. The van der Waals surface area contributed by atoms with Crippen LogP contribution in [0.4, 0.5) is 0 Å². The second kappa shape index (κ2) is 7.35. The van der Waals surface area contributed by atoms with Crippen LogP contribution in [0.5, 0.6) is 0 Å². The molecule has 0 amide bonds. The summed E-state index contributed by atoms with van der Waals surface area (Å²) in [4.78, 5) is 2.38. The number of nitrogens with one attached hydrogen (secondary N) is 1. The Kier molecular flexibility index (Phi) is 5.74. The molecular weight excluding hydrogens is 292 g/mol. The smallest absolute Gasteiger partial charge is 0.243 e. The fourth-order valence-electron chi connectivity index (χ4n) is 2.48. The van der Waals surface area contributed by atoms with Gasteiger partial charge in [-0.25, -0.2) is 13.1 Å². The van der Waals surface area contributed by atoms with E-state index in [2.05, 4.69) is 14.7 Å². The molecule has 21 heavy (non-hydrogen) atoms. The number of rotatable bonds is 7. The Morgan fingerprint density at radius 3 is 3.00 bits per heavy atom. The highest BCUT2D eigenvalue weighted by atomic mass is 32.2. The van der Waals surface area contributed by atoms with Gasteiger partial charge in [-0.05, 0) is 39.3 Å². The van der Waals surface area contributed by atoms with Crippen LogP contribution in [0.25, 0.3) is 0 Å². The summed E-state index contributed by atoms with van der Waals surface area (Å²) in [6.07, 6.45) is 5.26. The van der Waals surface area contributed by atoms with E-state index in [9.17, 15) is 13.5 Å². The molecule has 0 spiro atoms. The first kappa shape index (κ1) is 16.4. The molecule has 2 rings (SSSR count). The van der Waals surface area contributed by atoms with Crippen molar-refractivity contribution in [3.05, 3.63) is 12.4 Å². The predicted molar refractivity (Wildman–Crippen MR) is 79.4 cm³/mol. The van der Waals surface area contributed by atoms with Crippen LogP contribution in [-0.2, 0) is 16.6 Å². The normalized spacial score (nSPS) is 20.8. The Labute approximate surface area is 126 Å². The molecule has 1 unspecified atom stereocenters. The topological polar surface area (TPSA) is 87.5 Å². The van der Waals surface area contributed by atoms with E-state index >= 15 is 0 Å². The summed E-state index contributed by atoms with van der Waals surface area (Å²) in [6, 6.07) is 0. The number of likely N-dealkylation sites (tertiary alicyclic amines) is 1. The van der Waals surface area contributed by atoms with Crippen LogP contribution in [0.1, 0.15) is 26.2 Å². The summed E-state index contributed by atoms with van der Waals surface area (Å²) in [5, 5.41) is 13.5. The number of β-amino-alcohol motifs (C(OH)–C–C–N with tert-alkyl or cyclic N) is 1. The zero-order chi connectivity index (χ0) is 15.3. The Morgan fingerprint density at radius 2 is 2.33 bits per heavy atom. The van der Waals surface area contributed by atoms with Crippen molar-refractivity contribution in [3.8, 4) is 0 Å². The first-order chi connectivity index (χ1) is 10.0. The molecule has 8 heteroatoms. The summed E-state index contributed by atoms with van der Waals surface area (Å²) in [5.41, 5.74) is 0. The second-order valence-corrected chi connectivity index (χ2v) is 7.15. The van der Waals surface area contributed by atoms with Gasteiger partial charge in [0.05, 0.1) is 12.3 Å². The van der Waals surface area contributed by atoms with Gasteiger partial charge in [0.2, 0.25) is 10.0 Å². The predicted octanol–water partition coefficient (Wildman–Crippen LogP) is 0.0281. The summed E-state index contributed by atoms with van der Waals surface area (Å²) in [7, 11) is -3.46. The average molecular weight is 316 g/mol. The molecule has 1 aromatic rings. The van der Waals surface area contributed by atoms with Crippen molar-refractivity contribution >= 4 is 10.0 Å². The van der Waals surface area contributed by atoms with E-state index in [1.165, 1.54) is 12.4 Å². The molecule has 1 aromatic heterocycles. The van der Waals surface area contributed by atoms with Gasteiger partial charge in [-0.3, -0.25) is 4.68 Å². The highest BCUT2D eigenvalue weighted by Gasteiger charge is 2.18. The molecule has 1 fully saturated rings. The zero-order valence-electron chi connectivity index (χ0n) is 12.4. The Morgan fingerprint density at radius 1 is 1.52 bits per heavy atom. The summed E-state index contributed by atoms with van der Waals surface area (Å²) in [5.74, 6) is 0. The van der Waals surface area contributed by atoms with Gasteiger partial charge in [-0.1, -0.05) is 0 Å². The number of aliphatic hydroxyl groups excluding tert-OH is 1. The van der Waals surface area contributed by atoms with Crippen LogP contribution in [0.2, 0.25) is 0 Å². The number of piperidine rings is 1. The third-order valence-corrected chi connectivity index (χ3v) is 5.08. The molecule has 120 valence electrons. The van der Waals surface area contributed by atoms with Crippen molar-refractivity contribution in [2.75, 3.05) is 26.2 Å². The third kappa shape index (κ3) is 4.77. The molecule has 0 bridgehead atoms. The minimum atomic E-state index is -3.46. The van der Waals surface area contributed by atoms with E-state index in [-0.39, 0.29) is 11.0 Å². The van der Waals surface area contributed by atoms with Gasteiger partial charge >= 0.3 is 0 Å². The lowest BCUT2D eigenvalue weighted by atomic mass is 10.1. The molecule has 2 heterocycles. The van der Waals surface area contributed by atoms with Gasteiger partial charge in [0.15, 0.2) is 0 Å². The SMILES string of the molecule is CCn1cc(S(=O)(=O)NCCCN2CCCC(O)C2)cn1.